The number of H-pyrrole nitrogens is 1. The Bertz CT molecular complexity index is 719. The molecule has 0 saturated carbocycles. The van der Waals surface area contributed by atoms with E-state index >= 15 is 0 Å². The van der Waals surface area contributed by atoms with Gasteiger partial charge in [-0.2, -0.15) is 0 Å². The third kappa shape index (κ3) is 2.20. The molecule has 0 spiro atoms. The van der Waals surface area contributed by atoms with Crippen LogP contribution < -0.4 is 10.1 Å². The van der Waals surface area contributed by atoms with Crippen molar-refractivity contribution in [2.75, 3.05) is 12.4 Å². The zero-order chi connectivity index (χ0) is 13.2. The molecule has 3 N–H and O–H groups in total. The summed E-state index contributed by atoms with van der Waals surface area (Å²) < 4.78 is 5.24. The maximum Gasteiger partial charge on any atom is 0.145 e. The van der Waals surface area contributed by atoms with Gasteiger partial charge in [-0.25, -0.2) is 0 Å². The molecule has 2 aromatic carbocycles. The lowest BCUT2D eigenvalue weighted by Crippen LogP contribution is -1.94. The van der Waals surface area contributed by atoms with Gasteiger partial charge in [-0.1, -0.05) is 6.07 Å². The molecule has 0 bridgehead atoms. The number of methoxy groups -OCH3 is 1. The van der Waals surface area contributed by atoms with Crippen molar-refractivity contribution in [3.63, 3.8) is 0 Å². The van der Waals surface area contributed by atoms with E-state index in [2.05, 4.69) is 10.3 Å². The molecule has 0 saturated heterocycles. The highest BCUT2D eigenvalue weighted by Gasteiger charge is 2.05. The highest BCUT2D eigenvalue weighted by atomic mass is 16.5. The molecular formula is C15H14N2O2. The van der Waals surface area contributed by atoms with Gasteiger partial charge in [0.15, 0.2) is 0 Å². The summed E-state index contributed by atoms with van der Waals surface area (Å²) >= 11 is 0. The number of rotatable bonds is 3. The standard InChI is InChI=1S/C15H14N2O2/c1-19-15-9-12(18)4-5-13(15)17-11-3-2-10-6-7-16-14(10)8-11/h2-9,16-18H,1H3. The van der Waals surface area contributed by atoms with E-state index in [1.54, 1.807) is 25.3 Å². The van der Waals surface area contributed by atoms with Crippen LogP contribution in [0, 0.1) is 0 Å². The van der Waals surface area contributed by atoms with E-state index in [0.29, 0.717) is 5.75 Å². The van der Waals surface area contributed by atoms with E-state index in [-0.39, 0.29) is 5.75 Å². The Hall–Kier alpha value is -2.62. The SMILES string of the molecule is COc1cc(O)ccc1Nc1ccc2cc[nH]c2c1. The minimum Gasteiger partial charge on any atom is -0.508 e. The van der Waals surface area contributed by atoms with E-state index < -0.39 is 0 Å². The Labute approximate surface area is 110 Å². The molecule has 19 heavy (non-hydrogen) atoms. The Morgan fingerprint density at radius 2 is 2.00 bits per heavy atom. The number of ether oxygens (including phenoxy) is 1. The molecule has 0 atom stereocenters. The number of phenols is 1. The number of benzene rings is 2. The lowest BCUT2D eigenvalue weighted by molar-refractivity contribution is 0.409. The quantitative estimate of drug-likeness (QED) is 0.625. The highest BCUT2D eigenvalue weighted by Crippen LogP contribution is 2.31. The number of hydrogen-bond acceptors (Lipinski definition) is 3. The molecule has 96 valence electrons. The second-order valence-electron chi connectivity index (χ2n) is 4.29. The Kier molecular flexibility index (Phi) is 2.76. The number of nitrogens with one attached hydrogen (secondary N) is 2. The Morgan fingerprint density at radius 1 is 1.11 bits per heavy atom. The summed E-state index contributed by atoms with van der Waals surface area (Å²) in [6.07, 6.45) is 1.91. The maximum absolute atomic E-state index is 9.44. The van der Waals surface area contributed by atoms with Gasteiger partial charge in [0.1, 0.15) is 11.5 Å². The first-order valence-corrected chi connectivity index (χ1v) is 5.97. The first-order valence-electron chi connectivity index (χ1n) is 5.97. The number of aromatic hydroxyl groups is 1. The van der Waals surface area contributed by atoms with Crippen molar-refractivity contribution in [2.45, 2.75) is 0 Å². The van der Waals surface area contributed by atoms with Gasteiger partial charge in [0.2, 0.25) is 0 Å². The molecule has 0 aliphatic heterocycles. The van der Waals surface area contributed by atoms with E-state index in [1.165, 1.54) is 5.39 Å². The highest BCUT2D eigenvalue weighted by molar-refractivity contribution is 5.84. The normalized spacial score (nSPS) is 10.6. The van der Waals surface area contributed by atoms with Crippen molar-refractivity contribution in [2.24, 2.45) is 0 Å². The number of aromatic nitrogens is 1. The van der Waals surface area contributed by atoms with Crippen LogP contribution in [0.25, 0.3) is 10.9 Å². The first kappa shape index (κ1) is 11.5. The third-order valence-corrected chi connectivity index (χ3v) is 3.02. The average molecular weight is 254 g/mol. The van der Waals surface area contributed by atoms with E-state index in [0.717, 1.165) is 16.9 Å². The molecule has 3 rings (SSSR count). The summed E-state index contributed by atoms with van der Waals surface area (Å²) in [5.41, 5.74) is 2.84. The summed E-state index contributed by atoms with van der Waals surface area (Å²) in [6, 6.07) is 13.1. The molecule has 0 fully saturated rings. The zero-order valence-electron chi connectivity index (χ0n) is 10.5. The number of fused-ring (bicyclic) bond motifs is 1. The zero-order valence-corrected chi connectivity index (χ0v) is 10.5. The Morgan fingerprint density at radius 3 is 2.84 bits per heavy atom. The van der Waals surface area contributed by atoms with Crippen molar-refractivity contribution >= 4 is 22.3 Å². The van der Waals surface area contributed by atoms with Gasteiger partial charge in [-0.15, -0.1) is 0 Å². The molecule has 0 radical (unpaired) electrons. The molecule has 0 aliphatic carbocycles. The number of aromatic amines is 1. The molecular weight excluding hydrogens is 240 g/mol. The lowest BCUT2D eigenvalue weighted by Gasteiger charge is -2.11. The largest absolute Gasteiger partial charge is 0.508 e. The van der Waals surface area contributed by atoms with Gasteiger partial charge in [0, 0.05) is 23.5 Å². The fraction of sp³-hybridized carbons (Fsp3) is 0.0667. The Balaban J connectivity index is 1.95. The number of phenolic OH excluding ortho intramolecular Hbond substituents is 1. The van der Waals surface area contributed by atoms with Gasteiger partial charge in [0.05, 0.1) is 12.8 Å². The molecule has 4 nitrogen and oxygen atoms in total. The fourth-order valence-corrected chi connectivity index (χ4v) is 2.06. The van der Waals surface area contributed by atoms with Gasteiger partial charge in [0.25, 0.3) is 0 Å². The summed E-state index contributed by atoms with van der Waals surface area (Å²) in [5.74, 6) is 0.786. The van der Waals surface area contributed by atoms with E-state index in [9.17, 15) is 5.11 Å². The predicted octanol–water partition coefficient (Wildman–Crippen LogP) is 3.63. The van der Waals surface area contributed by atoms with Crippen LogP contribution in [0.2, 0.25) is 0 Å². The predicted molar refractivity (Wildman–Crippen MR) is 76.2 cm³/mol. The summed E-state index contributed by atoms with van der Waals surface area (Å²) in [4.78, 5) is 3.17. The van der Waals surface area contributed by atoms with Crippen molar-refractivity contribution in [3.8, 4) is 11.5 Å². The molecule has 1 aromatic heterocycles. The van der Waals surface area contributed by atoms with Gasteiger partial charge < -0.3 is 20.1 Å². The third-order valence-electron chi connectivity index (χ3n) is 3.02. The molecule has 0 amide bonds. The first-order chi connectivity index (χ1) is 9.26. The van der Waals surface area contributed by atoms with E-state index in [1.807, 2.05) is 30.5 Å². The van der Waals surface area contributed by atoms with Crippen molar-refractivity contribution < 1.29 is 9.84 Å². The second kappa shape index (κ2) is 4.57. The van der Waals surface area contributed by atoms with Crippen LogP contribution in [0.5, 0.6) is 11.5 Å². The summed E-state index contributed by atoms with van der Waals surface area (Å²) in [6.45, 7) is 0. The van der Waals surface area contributed by atoms with Crippen LogP contribution in [0.3, 0.4) is 0 Å². The molecule has 0 unspecified atom stereocenters. The van der Waals surface area contributed by atoms with Crippen LogP contribution >= 0.6 is 0 Å². The molecule has 4 heteroatoms. The van der Waals surface area contributed by atoms with Crippen molar-refractivity contribution in [1.82, 2.24) is 4.98 Å². The summed E-state index contributed by atoms with van der Waals surface area (Å²) in [5, 5.41) is 13.9. The number of hydrogen-bond donors (Lipinski definition) is 3. The number of anilines is 2. The van der Waals surface area contributed by atoms with Gasteiger partial charge >= 0.3 is 0 Å². The minimum atomic E-state index is 0.183. The topological polar surface area (TPSA) is 57.3 Å². The fourth-order valence-electron chi connectivity index (χ4n) is 2.06. The smallest absolute Gasteiger partial charge is 0.145 e. The van der Waals surface area contributed by atoms with Crippen LogP contribution in [0.1, 0.15) is 0 Å². The monoisotopic (exact) mass is 254 g/mol. The second-order valence-corrected chi connectivity index (χ2v) is 4.29. The van der Waals surface area contributed by atoms with Crippen molar-refractivity contribution in [1.29, 1.82) is 0 Å². The maximum atomic E-state index is 9.44. The van der Waals surface area contributed by atoms with Crippen LogP contribution in [-0.2, 0) is 0 Å². The summed E-state index contributed by atoms with van der Waals surface area (Å²) in [7, 11) is 1.58. The lowest BCUT2D eigenvalue weighted by atomic mass is 10.2. The van der Waals surface area contributed by atoms with Crippen molar-refractivity contribution in [3.05, 3.63) is 48.7 Å². The minimum absolute atomic E-state index is 0.183. The van der Waals surface area contributed by atoms with Gasteiger partial charge in [-0.3, -0.25) is 0 Å². The van der Waals surface area contributed by atoms with Crippen LogP contribution in [-0.4, -0.2) is 17.2 Å². The van der Waals surface area contributed by atoms with Crippen LogP contribution in [0.4, 0.5) is 11.4 Å². The molecule has 1 heterocycles. The van der Waals surface area contributed by atoms with E-state index in [4.69, 9.17) is 4.74 Å². The molecule has 3 aromatic rings. The average Bonchev–Trinajstić information content (AvgIpc) is 2.88. The van der Waals surface area contributed by atoms with Gasteiger partial charge in [-0.05, 0) is 35.7 Å². The molecule has 0 aliphatic rings. The van der Waals surface area contributed by atoms with Crippen LogP contribution in [0.15, 0.2) is 48.7 Å².